The fourth-order valence-corrected chi connectivity index (χ4v) is 3.01. The molecule has 2 aromatic heterocycles. The second kappa shape index (κ2) is 10.8. The Balaban J connectivity index is 1.50. The van der Waals surface area contributed by atoms with Crippen LogP contribution < -0.4 is 14.8 Å². The Morgan fingerprint density at radius 3 is 2.55 bits per heavy atom. The molecule has 0 spiro atoms. The number of hydrogen-bond acceptors (Lipinski definition) is 8. The van der Waals surface area contributed by atoms with Crippen LogP contribution in [0.4, 0.5) is 16.3 Å². The lowest BCUT2D eigenvalue weighted by Gasteiger charge is -2.31. The molecule has 31 heavy (non-hydrogen) atoms. The molecule has 0 radical (unpaired) electrons. The lowest BCUT2D eigenvalue weighted by atomic mass is 10.1. The monoisotopic (exact) mass is 429 g/mol. The fourth-order valence-electron chi connectivity index (χ4n) is 3.01. The molecule has 0 bridgehead atoms. The summed E-state index contributed by atoms with van der Waals surface area (Å²) in [6, 6.07) is 5.46. The van der Waals surface area contributed by atoms with Crippen molar-refractivity contribution in [2.75, 3.05) is 25.0 Å². The summed E-state index contributed by atoms with van der Waals surface area (Å²) in [7, 11) is 0. The maximum absolute atomic E-state index is 12.0. The van der Waals surface area contributed by atoms with Gasteiger partial charge in [-0.3, -0.25) is 0 Å². The summed E-state index contributed by atoms with van der Waals surface area (Å²) in [5, 5.41) is 3.20. The Hall–Kier alpha value is -3.10. The van der Waals surface area contributed by atoms with Gasteiger partial charge in [-0.05, 0) is 25.8 Å². The summed E-state index contributed by atoms with van der Waals surface area (Å²) in [5.41, 5.74) is 0.790. The third kappa shape index (κ3) is 7.27. The number of nitrogens with one attached hydrogen (secondary N) is 1. The molecule has 9 nitrogen and oxygen atoms in total. The topological polar surface area (TPSA) is 98.7 Å². The van der Waals surface area contributed by atoms with E-state index in [0.29, 0.717) is 43.2 Å². The summed E-state index contributed by atoms with van der Waals surface area (Å²) < 4.78 is 16.9. The molecule has 0 aliphatic carbocycles. The number of hydrogen-bond donors (Lipinski definition) is 1. The summed E-state index contributed by atoms with van der Waals surface area (Å²) in [5.74, 6) is 2.14. The van der Waals surface area contributed by atoms with Crippen molar-refractivity contribution in [2.24, 2.45) is 5.92 Å². The van der Waals surface area contributed by atoms with Gasteiger partial charge in [0.15, 0.2) is 0 Å². The number of pyridine rings is 1. The van der Waals surface area contributed by atoms with Crippen molar-refractivity contribution in [3.8, 4) is 11.8 Å². The Bertz CT molecular complexity index is 836. The molecule has 3 rings (SSSR count). The molecular weight excluding hydrogens is 398 g/mol. The van der Waals surface area contributed by atoms with Gasteiger partial charge in [-0.2, -0.15) is 0 Å². The predicted octanol–water partition coefficient (Wildman–Crippen LogP) is 4.04. The van der Waals surface area contributed by atoms with E-state index in [0.717, 1.165) is 18.5 Å². The summed E-state index contributed by atoms with van der Waals surface area (Å²) in [6.07, 6.45) is 4.21. The van der Waals surface area contributed by atoms with E-state index >= 15 is 0 Å². The minimum Gasteiger partial charge on any atom is -0.477 e. The van der Waals surface area contributed by atoms with Gasteiger partial charge in [-0.1, -0.05) is 13.8 Å². The second-order valence-corrected chi connectivity index (χ2v) is 8.19. The van der Waals surface area contributed by atoms with Gasteiger partial charge in [0.1, 0.15) is 18.2 Å². The zero-order chi connectivity index (χ0) is 22.2. The number of amides is 1. The van der Waals surface area contributed by atoms with Crippen LogP contribution in [0.25, 0.3) is 0 Å². The van der Waals surface area contributed by atoms with E-state index in [2.05, 4.69) is 34.1 Å². The average Bonchev–Trinajstić information content (AvgIpc) is 2.73. The van der Waals surface area contributed by atoms with Crippen LogP contribution in [0.15, 0.2) is 30.7 Å². The van der Waals surface area contributed by atoms with E-state index in [-0.39, 0.29) is 18.3 Å². The maximum Gasteiger partial charge on any atom is 0.410 e. The number of anilines is 2. The van der Waals surface area contributed by atoms with Gasteiger partial charge in [0.05, 0.1) is 24.6 Å². The van der Waals surface area contributed by atoms with Crippen LogP contribution in [0.2, 0.25) is 0 Å². The molecule has 0 atom stereocenters. The van der Waals surface area contributed by atoms with Crippen molar-refractivity contribution in [1.29, 1.82) is 0 Å². The van der Waals surface area contributed by atoms with Crippen molar-refractivity contribution in [1.82, 2.24) is 19.9 Å². The van der Waals surface area contributed by atoms with E-state index in [4.69, 9.17) is 14.2 Å². The number of likely N-dealkylation sites (tertiary alicyclic amines) is 1. The molecule has 1 saturated heterocycles. The molecule has 1 amide bonds. The van der Waals surface area contributed by atoms with E-state index in [1.54, 1.807) is 17.2 Å². The standard InChI is InChI=1S/C22H31N5O4/c1-15(2)13-29-20-6-5-17(12-23-20)26-19-11-21(25-14-24-19)31-18-7-9-27(10-8-18)22(28)30-16(3)4/h5-6,11-12,14-16,18H,7-10,13H2,1-4H3,(H,24,25,26). The Kier molecular flexibility index (Phi) is 7.86. The smallest absolute Gasteiger partial charge is 0.410 e. The first-order chi connectivity index (χ1) is 14.9. The molecule has 3 heterocycles. The first-order valence-electron chi connectivity index (χ1n) is 10.7. The highest BCUT2D eigenvalue weighted by molar-refractivity contribution is 5.67. The van der Waals surface area contributed by atoms with E-state index in [9.17, 15) is 4.79 Å². The number of piperidine rings is 1. The minimum atomic E-state index is -0.267. The predicted molar refractivity (Wildman–Crippen MR) is 117 cm³/mol. The Morgan fingerprint density at radius 2 is 1.90 bits per heavy atom. The quantitative estimate of drug-likeness (QED) is 0.671. The van der Waals surface area contributed by atoms with E-state index in [1.165, 1.54) is 6.33 Å². The number of carbonyl (C=O) groups is 1. The van der Waals surface area contributed by atoms with E-state index in [1.807, 2.05) is 26.0 Å². The number of nitrogens with zero attached hydrogens (tertiary/aromatic N) is 4. The van der Waals surface area contributed by atoms with Gasteiger partial charge >= 0.3 is 6.09 Å². The summed E-state index contributed by atoms with van der Waals surface area (Å²) in [4.78, 5) is 26.5. The maximum atomic E-state index is 12.0. The third-order valence-electron chi connectivity index (χ3n) is 4.54. The van der Waals surface area contributed by atoms with Crippen molar-refractivity contribution >= 4 is 17.6 Å². The minimum absolute atomic E-state index is 0.00935. The Morgan fingerprint density at radius 1 is 1.13 bits per heavy atom. The zero-order valence-corrected chi connectivity index (χ0v) is 18.6. The SMILES string of the molecule is CC(C)COc1ccc(Nc2cc(OC3CCN(C(=O)OC(C)C)CC3)ncn2)cn1. The van der Waals surface area contributed by atoms with Crippen LogP contribution in [0, 0.1) is 5.92 Å². The van der Waals surface area contributed by atoms with Crippen LogP contribution in [0.3, 0.4) is 0 Å². The van der Waals surface area contributed by atoms with Gasteiger partial charge in [0, 0.05) is 38.1 Å². The van der Waals surface area contributed by atoms with Gasteiger partial charge in [-0.15, -0.1) is 0 Å². The van der Waals surface area contributed by atoms with Crippen LogP contribution in [-0.2, 0) is 4.74 Å². The van der Waals surface area contributed by atoms with Gasteiger partial charge in [0.2, 0.25) is 11.8 Å². The number of aromatic nitrogens is 3. The molecule has 9 heteroatoms. The van der Waals surface area contributed by atoms with Crippen molar-refractivity contribution in [3.63, 3.8) is 0 Å². The lowest BCUT2D eigenvalue weighted by molar-refractivity contribution is 0.0507. The van der Waals surface area contributed by atoms with Crippen LogP contribution in [0.1, 0.15) is 40.5 Å². The normalized spacial score (nSPS) is 14.6. The largest absolute Gasteiger partial charge is 0.477 e. The van der Waals surface area contributed by atoms with Crippen molar-refractivity contribution in [2.45, 2.75) is 52.7 Å². The van der Waals surface area contributed by atoms with E-state index < -0.39 is 0 Å². The lowest BCUT2D eigenvalue weighted by Crippen LogP contribution is -2.42. The third-order valence-corrected chi connectivity index (χ3v) is 4.54. The molecule has 1 aliphatic heterocycles. The molecule has 2 aromatic rings. The molecule has 1 fully saturated rings. The van der Waals surface area contributed by atoms with Gasteiger partial charge in [-0.25, -0.2) is 19.7 Å². The second-order valence-electron chi connectivity index (χ2n) is 8.19. The highest BCUT2D eigenvalue weighted by atomic mass is 16.6. The molecule has 1 N–H and O–H groups in total. The fraction of sp³-hybridized carbons (Fsp3) is 0.545. The average molecular weight is 430 g/mol. The number of rotatable bonds is 8. The zero-order valence-electron chi connectivity index (χ0n) is 18.6. The highest BCUT2D eigenvalue weighted by Crippen LogP contribution is 2.22. The molecule has 0 saturated carbocycles. The first-order valence-corrected chi connectivity index (χ1v) is 10.7. The molecule has 0 unspecified atom stereocenters. The molecule has 168 valence electrons. The van der Waals surface area contributed by atoms with Crippen molar-refractivity contribution in [3.05, 3.63) is 30.7 Å². The van der Waals surface area contributed by atoms with Gasteiger partial charge < -0.3 is 24.4 Å². The summed E-state index contributed by atoms with van der Waals surface area (Å²) in [6.45, 7) is 9.71. The van der Waals surface area contributed by atoms with Gasteiger partial charge in [0.25, 0.3) is 0 Å². The highest BCUT2D eigenvalue weighted by Gasteiger charge is 2.25. The Labute approximate surface area is 183 Å². The first kappa shape index (κ1) is 22.6. The summed E-state index contributed by atoms with van der Waals surface area (Å²) >= 11 is 0. The van der Waals surface area contributed by atoms with Crippen molar-refractivity contribution < 1.29 is 19.0 Å². The van der Waals surface area contributed by atoms with Crippen LogP contribution in [0.5, 0.6) is 11.8 Å². The molecule has 0 aromatic carbocycles. The number of carbonyl (C=O) groups excluding carboxylic acids is 1. The molecular formula is C22H31N5O4. The number of ether oxygens (including phenoxy) is 3. The van der Waals surface area contributed by atoms with Crippen LogP contribution >= 0.6 is 0 Å². The molecule has 1 aliphatic rings. The van der Waals surface area contributed by atoms with Crippen LogP contribution in [-0.4, -0.2) is 57.8 Å².